The van der Waals surface area contributed by atoms with E-state index < -0.39 is 11.8 Å². The maximum absolute atomic E-state index is 12.0. The average Bonchev–Trinajstić information content (AvgIpc) is 2.92. The summed E-state index contributed by atoms with van der Waals surface area (Å²) in [4.78, 5) is 23.9. The molecule has 0 saturated heterocycles. The Balaban J connectivity index is 1.66. The van der Waals surface area contributed by atoms with Gasteiger partial charge in [0, 0.05) is 18.1 Å². The number of rotatable bonds is 2. The second-order valence-electron chi connectivity index (χ2n) is 4.98. The largest absolute Gasteiger partial charge is 0.493 e. The molecule has 1 aromatic heterocycles. The van der Waals surface area contributed by atoms with E-state index in [9.17, 15) is 9.59 Å². The number of amides is 2. The van der Waals surface area contributed by atoms with E-state index in [0.717, 1.165) is 11.3 Å². The van der Waals surface area contributed by atoms with Crippen molar-refractivity contribution < 1.29 is 18.8 Å². The summed E-state index contributed by atoms with van der Waals surface area (Å²) in [5, 5.41) is 8.72. The molecule has 0 saturated carbocycles. The van der Waals surface area contributed by atoms with Crippen molar-refractivity contribution in [3.63, 3.8) is 0 Å². The second kappa shape index (κ2) is 5.88. The first-order valence-electron chi connectivity index (χ1n) is 6.90. The lowest BCUT2D eigenvalue weighted by molar-refractivity contribution is -0.136. The normalized spacial score (nSPS) is 16.3. The summed E-state index contributed by atoms with van der Waals surface area (Å²) in [6.07, 6.45) is 0.610. The fourth-order valence-corrected chi connectivity index (χ4v) is 2.31. The van der Waals surface area contributed by atoms with Crippen molar-refractivity contribution in [2.45, 2.75) is 19.4 Å². The lowest BCUT2D eigenvalue weighted by atomic mass is 10.0. The maximum Gasteiger partial charge on any atom is 0.314 e. The number of para-hydroxylation sites is 1. The van der Waals surface area contributed by atoms with E-state index in [1.807, 2.05) is 24.3 Å². The minimum absolute atomic E-state index is 0.213. The van der Waals surface area contributed by atoms with Crippen LogP contribution in [0.25, 0.3) is 0 Å². The number of ether oxygens (including phenoxy) is 1. The number of hydrogen-bond donors (Lipinski definition) is 2. The Bertz CT molecular complexity index is 710. The van der Waals surface area contributed by atoms with E-state index in [1.165, 1.54) is 6.07 Å². The van der Waals surface area contributed by atoms with Crippen LogP contribution in [0.5, 0.6) is 5.75 Å². The van der Waals surface area contributed by atoms with Gasteiger partial charge in [-0.3, -0.25) is 14.9 Å². The Morgan fingerprint density at radius 1 is 1.27 bits per heavy atom. The van der Waals surface area contributed by atoms with Gasteiger partial charge in [0.2, 0.25) is 0 Å². The van der Waals surface area contributed by atoms with Gasteiger partial charge in [-0.25, -0.2) is 0 Å². The van der Waals surface area contributed by atoms with Crippen LogP contribution in [0.1, 0.15) is 23.8 Å². The molecular formula is C15H15N3O4. The van der Waals surface area contributed by atoms with Crippen LogP contribution in [0.3, 0.4) is 0 Å². The van der Waals surface area contributed by atoms with Crippen LogP contribution in [0, 0.1) is 6.92 Å². The molecule has 0 fully saturated rings. The molecule has 2 heterocycles. The number of carbonyl (C=O) groups is 2. The third-order valence-electron chi connectivity index (χ3n) is 3.34. The zero-order valence-electron chi connectivity index (χ0n) is 12.0. The first-order valence-corrected chi connectivity index (χ1v) is 6.90. The zero-order chi connectivity index (χ0) is 15.5. The average molecular weight is 301 g/mol. The topological polar surface area (TPSA) is 93.5 Å². The molecule has 2 N–H and O–H groups in total. The molecule has 1 aliphatic rings. The zero-order valence-corrected chi connectivity index (χ0v) is 12.0. The van der Waals surface area contributed by atoms with Crippen LogP contribution >= 0.6 is 0 Å². The van der Waals surface area contributed by atoms with Gasteiger partial charge in [0.25, 0.3) is 0 Å². The highest BCUT2D eigenvalue weighted by molar-refractivity contribution is 6.39. The molecule has 3 rings (SSSR count). The Morgan fingerprint density at radius 3 is 2.86 bits per heavy atom. The summed E-state index contributed by atoms with van der Waals surface area (Å²) in [7, 11) is 0. The number of anilines is 1. The summed E-state index contributed by atoms with van der Waals surface area (Å²) in [6, 6.07) is 8.73. The van der Waals surface area contributed by atoms with Gasteiger partial charge in [0.15, 0.2) is 5.82 Å². The van der Waals surface area contributed by atoms with Crippen molar-refractivity contribution >= 4 is 17.6 Å². The highest BCUT2D eigenvalue weighted by Gasteiger charge is 2.25. The Hall–Kier alpha value is -2.83. The van der Waals surface area contributed by atoms with E-state index >= 15 is 0 Å². The number of carbonyl (C=O) groups excluding carboxylic acids is 2. The summed E-state index contributed by atoms with van der Waals surface area (Å²) in [6.45, 7) is 2.19. The van der Waals surface area contributed by atoms with E-state index in [-0.39, 0.29) is 11.9 Å². The minimum atomic E-state index is -0.780. The lowest BCUT2D eigenvalue weighted by Gasteiger charge is -2.26. The third kappa shape index (κ3) is 2.93. The van der Waals surface area contributed by atoms with E-state index in [2.05, 4.69) is 15.8 Å². The number of nitrogens with one attached hydrogen (secondary N) is 2. The molecule has 1 aromatic carbocycles. The fraction of sp³-hybridized carbons (Fsp3) is 0.267. The molecule has 7 nitrogen and oxygen atoms in total. The molecular weight excluding hydrogens is 286 g/mol. The van der Waals surface area contributed by atoms with Crippen LogP contribution in [0.2, 0.25) is 0 Å². The van der Waals surface area contributed by atoms with Crippen molar-refractivity contribution in [1.29, 1.82) is 0 Å². The number of aryl methyl sites for hydroxylation is 1. The Kier molecular flexibility index (Phi) is 3.78. The van der Waals surface area contributed by atoms with Gasteiger partial charge in [-0.2, -0.15) is 0 Å². The molecule has 114 valence electrons. The van der Waals surface area contributed by atoms with Crippen LogP contribution in [0.4, 0.5) is 5.82 Å². The van der Waals surface area contributed by atoms with Crippen LogP contribution < -0.4 is 15.4 Å². The number of aromatic nitrogens is 1. The summed E-state index contributed by atoms with van der Waals surface area (Å²) in [5.41, 5.74) is 0.868. The number of hydrogen-bond acceptors (Lipinski definition) is 5. The SMILES string of the molecule is Cc1cc(NC(=O)C(=O)N[C@H]2CCOc3ccccc32)no1. The van der Waals surface area contributed by atoms with E-state index in [4.69, 9.17) is 9.26 Å². The molecule has 2 amide bonds. The summed E-state index contributed by atoms with van der Waals surface area (Å²) in [5.74, 6) is -0.00898. The first kappa shape index (κ1) is 14.1. The fourth-order valence-electron chi connectivity index (χ4n) is 2.31. The third-order valence-corrected chi connectivity index (χ3v) is 3.34. The van der Waals surface area contributed by atoms with Crippen LogP contribution in [0.15, 0.2) is 34.9 Å². The van der Waals surface area contributed by atoms with Crippen LogP contribution in [-0.2, 0) is 9.59 Å². The smallest absolute Gasteiger partial charge is 0.314 e. The van der Waals surface area contributed by atoms with Crippen molar-refractivity contribution in [2.75, 3.05) is 11.9 Å². The summed E-state index contributed by atoms with van der Waals surface area (Å²) < 4.78 is 10.3. The monoisotopic (exact) mass is 301 g/mol. The molecule has 2 aromatic rings. The van der Waals surface area contributed by atoms with Gasteiger partial charge in [0.1, 0.15) is 11.5 Å². The van der Waals surface area contributed by atoms with E-state index in [0.29, 0.717) is 18.8 Å². The maximum atomic E-state index is 12.0. The quantitative estimate of drug-likeness (QED) is 0.821. The van der Waals surface area contributed by atoms with Gasteiger partial charge in [0.05, 0.1) is 12.6 Å². The van der Waals surface area contributed by atoms with Gasteiger partial charge in [-0.15, -0.1) is 0 Å². The standard InChI is InChI=1S/C15H15N3O4/c1-9-8-13(18-22-9)17-15(20)14(19)16-11-6-7-21-12-5-3-2-4-10(11)12/h2-5,8,11H,6-7H2,1H3,(H,16,19)(H,17,18,20)/t11-/m0/s1. The van der Waals surface area contributed by atoms with Gasteiger partial charge < -0.3 is 14.6 Å². The predicted octanol–water partition coefficient (Wildman–Crippen LogP) is 1.56. The van der Waals surface area contributed by atoms with Crippen molar-refractivity contribution in [3.8, 4) is 5.75 Å². The number of fused-ring (bicyclic) bond motifs is 1. The molecule has 0 spiro atoms. The van der Waals surface area contributed by atoms with Crippen molar-refractivity contribution in [3.05, 3.63) is 41.7 Å². The molecule has 0 bridgehead atoms. The second-order valence-corrected chi connectivity index (χ2v) is 4.98. The number of nitrogens with zero attached hydrogens (tertiary/aromatic N) is 1. The molecule has 0 aliphatic carbocycles. The van der Waals surface area contributed by atoms with Crippen LogP contribution in [-0.4, -0.2) is 23.6 Å². The molecule has 0 radical (unpaired) electrons. The Morgan fingerprint density at radius 2 is 2.09 bits per heavy atom. The summed E-state index contributed by atoms with van der Waals surface area (Å²) >= 11 is 0. The lowest BCUT2D eigenvalue weighted by Crippen LogP contribution is -2.39. The highest BCUT2D eigenvalue weighted by Crippen LogP contribution is 2.31. The van der Waals surface area contributed by atoms with E-state index in [1.54, 1.807) is 6.92 Å². The van der Waals surface area contributed by atoms with Crippen molar-refractivity contribution in [1.82, 2.24) is 10.5 Å². The van der Waals surface area contributed by atoms with Gasteiger partial charge in [-0.05, 0) is 13.0 Å². The molecule has 7 heteroatoms. The first-order chi connectivity index (χ1) is 10.6. The molecule has 22 heavy (non-hydrogen) atoms. The predicted molar refractivity (Wildman–Crippen MR) is 77.3 cm³/mol. The number of benzene rings is 1. The molecule has 0 unspecified atom stereocenters. The molecule has 1 atom stereocenters. The van der Waals surface area contributed by atoms with Gasteiger partial charge in [-0.1, -0.05) is 23.4 Å². The molecule has 1 aliphatic heterocycles. The van der Waals surface area contributed by atoms with Gasteiger partial charge >= 0.3 is 11.8 Å². The van der Waals surface area contributed by atoms with Crippen molar-refractivity contribution in [2.24, 2.45) is 0 Å². The Labute approximate surface area is 126 Å². The minimum Gasteiger partial charge on any atom is -0.493 e. The highest BCUT2D eigenvalue weighted by atomic mass is 16.5.